The van der Waals surface area contributed by atoms with Crippen molar-refractivity contribution in [1.82, 2.24) is 4.90 Å². The fraction of sp³-hybridized carbons (Fsp3) is 0.300. The number of nitrogens with zero attached hydrogens (tertiary/aromatic N) is 1. The lowest BCUT2D eigenvalue weighted by atomic mass is 9.97. The predicted molar refractivity (Wildman–Crippen MR) is 110 cm³/mol. The fourth-order valence-corrected chi connectivity index (χ4v) is 3.16. The van der Waals surface area contributed by atoms with Gasteiger partial charge in [0.15, 0.2) is 0 Å². The van der Waals surface area contributed by atoms with Gasteiger partial charge in [0.1, 0.15) is 5.82 Å². The van der Waals surface area contributed by atoms with Crippen molar-refractivity contribution in [2.45, 2.75) is 32.4 Å². The van der Waals surface area contributed by atoms with Gasteiger partial charge in [0.2, 0.25) is 5.91 Å². The van der Waals surface area contributed by atoms with Gasteiger partial charge in [-0.2, -0.15) is 0 Å². The van der Waals surface area contributed by atoms with Gasteiger partial charge in [-0.1, -0.05) is 12.1 Å². The Kier molecular flexibility index (Phi) is 7.37. The number of benzene rings is 2. The molecule has 2 aromatic rings. The molecule has 1 unspecified atom stereocenters. The smallest absolute Gasteiger partial charge is 0.323 e. The Hall–Kier alpha value is -2.64. The van der Waals surface area contributed by atoms with Crippen LogP contribution in [0.1, 0.15) is 24.5 Å². The Morgan fingerprint density at radius 1 is 1.18 bits per heavy atom. The van der Waals surface area contributed by atoms with Gasteiger partial charge in [-0.05, 0) is 54.8 Å². The predicted octanol–water partition coefficient (Wildman–Crippen LogP) is 3.51. The Morgan fingerprint density at radius 2 is 1.89 bits per heavy atom. The molecular weight excluding hydrogens is 383 g/mol. The standard InChI is InChI=1S/C20H23FN4O2.ClH/c1-13(22)11-19(26)25-10-9-17-14(12-25)3-2-4-18(17)24-20(27)23-16-7-5-15(21)6-8-16;/h2-8,13H,9-12,22H2,1H3,(H2,23,24,27);1H. The number of carbonyl (C=O) groups is 2. The van der Waals surface area contributed by atoms with E-state index in [0.717, 1.165) is 11.1 Å². The minimum atomic E-state index is -0.398. The van der Waals surface area contributed by atoms with Gasteiger partial charge in [-0.15, -0.1) is 12.4 Å². The quantitative estimate of drug-likeness (QED) is 0.726. The van der Waals surface area contributed by atoms with Crippen LogP contribution in [0.5, 0.6) is 0 Å². The molecule has 0 bridgehead atoms. The number of fused-ring (bicyclic) bond motifs is 1. The van der Waals surface area contributed by atoms with Crippen molar-refractivity contribution in [2.75, 3.05) is 17.2 Å². The number of hydrogen-bond donors (Lipinski definition) is 3. The van der Waals surface area contributed by atoms with E-state index in [9.17, 15) is 14.0 Å². The largest absolute Gasteiger partial charge is 0.338 e. The maximum Gasteiger partial charge on any atom is 0.323 e. The number of nitrogens with two attached hydrogens (primary N) is 1. The summed E-state index contributed by atoms with van der Waals surface area (Å²) in [6, 6.07) is 10.7. The molecule has 0 fully saturated rings. The molecule has 1 heterocycles. The van der Waals surface area contributed by atoms with Gasteiger partial charge >= 0.3 is 6.03 Å². The molecule has 0 saturated heterocycles. The molecule has 8 heteroatoms. The maximum atomic E-state index is 13.0. The lowest BCUT2D eigenvalue weighted by Gasteiger charge is -2.30. The molecule has 2 aromatic carbocycles. The molecule has 1 atom stereocenters. The van der Waals surface area contributed by atoms with Crippen LogP contribution in [0.4, 0.5) is 20.6 Å². The molecule has 3 amide bonds. The molecule has 0 spiro atoms. The van der Waals surface area contributed by atoms with Crippen LogP contribution in [0.15, 0.2) is 42.5 Å². The number of urea groups is 1. The number of anilines is 2. The number of carbonyl (C=O) groups excluding carboxylic acids is 2. The molecule has 4 N–H and O–H groups in total. The Balaban J connectivity index is 0.00000280. The van der Waals surface area contributed by atoms with Gasteiger partial charge in [0, 0.05) is 36.9 Å². The van der Waals surface area contributed by atoms with E-state index < -0.39 is 6.03 Å². The van der Waals surface area contributed by atoms with E-state index in [1.807, 2.05) is 25.1 Å². The summed E-state index contributed by atoms with van der Waals surface area (Å²) in [7, 11) is 0. The highest BCUT2D eigenvalue weighted by Crippen LogP contribution is 2.27. The van der Waals surface area contributed by atoms with Gasteiger partial charge in [-0.25, -0.2) is 9.18 Å². The average molecular weight is 407 g/mol. The summed E-state index contributed by atoms with van der Waals surface area (Å²) >= 11 is 0. The second-order valence-corrected chi connectivity index (χ2v) is 6.78. The first-order chi connectivity index (χ1) is 12.9. The van der Waals surface area contributed by atoms with E-state index in [2.05, 4.69) is 10.6 Å². The molecule has 0 aliphatic carbocycles. The summed E-state index contributed by atoms with van der Waals surface area (Å²) in [4.78, 5) is 26.3. The van der Waals surface area contributed by atoms with E-state index >= 15 is 0 Å². The first-order valence-corrected chi connectivity index (χ1v) is 8.90. The van der Waals surface area contributed by atoms with Gasteiger partial charge in [0.25, 0.3) is 0 Å². The van der Waals surface area contributed by atoms with Crippen LogP contribution in [0.3, 0.4) is 0 Å². The maximum absolute atomic E-state index is 13.0. The third-order valence-electron chi connectivity index (χ3n) is 4.47. The molecule has 6 nitrogen and oxygen atoms in total. The van der Waals surface area contributed by atoms with Gasteiger partial charge < -0.3 is 21.3 Å². The molecule has 0 saturated carbocycles. The molecule has 28 heavy (non-hydrogen) atoms. The topological polar surface area (TPSA) is 87.5 Å². The molecule has 3 rings (SSSR count). The van der Waals surface area contributed by atoms with E-state index in [0.29, 0.717) is 37.3 Å². The molecule has 1 aliphatic heterocycles. The summed E-state index contributed by atoms with van der Waals surface area (Å²) in [6.07, 6.45) is 0.986. The molecule has 0 aromatic heterocycles. The first-order valence-electron chi connectivity index (χ1n) is 8.90. The van der Waals surface area contributed by atoms with Crippen molar-refractivity contribution in [3.05, 3.63) is 59.4 Å². The zero-order chi connectivity index (χ0) is 19.4. The van der Waals surface area contributed by atoms with Crippen molar-refractivity contribution >= 4 is 35.7 Å². The van der Waals surface area contributed by atoms with Crippen LogP contribution in [-0.2, 0) is 17.8 Å². The van der Waals surface area contributed by atoms with Crippen LogP contribution in [-0.4, -0.2) is 29.4 Å². The highest BCUT2D eigenvalue weighted by molar-refractivity contribution is 6.00. The van der Waals surface area contributed by atoms with Crippen LogP contribution >= 0.6 is 12.4 Å². The van der Waals surface area contributed by atoms with Crippen LogP contribution in [0.2, 0.25) is 0 Å². The molecular formula is C20H24ClFN4O2. The van der Waals surface area contributed by atoms with Crippen LogP contribution < -0.4 is 16.4 Å². The zero-order valence-electron chi connectivity index (χ0n) is 15.6. The van der Waals surface area contributed by atoms with Crippen molar-refractivity contribution in [1.29, 1.82) is 0 Å². The van der Waals surface area contributed by atoms with E-state index in [1.54, 1.807) is 4.90 Å². The Bertz CT molecular complexity index is 843. The fourth-order valence-electron chi connectivity index (χ4n) is 3.16. The summed E-state index contributed by atoms with van der Waals surface area (Å²) < 4.78 is 13.0. The van der Waals surface area contributed by atoms with Crippen molar-refractivity contribution in [2.24, 2.45) is 5.73 Å². The van der Waals surface area contributed by atoms with Crippen molar-refractivity contribution < 1.29 is 14.0 Å². The SMILES string of the molecule is CC(N)CC(=O)N1CCc2c(cccc2NC(=O)Nc2ccc(F)cc2)C1.Cl. The second kappa shape index (κ2) is 9.52. The van der Waals surface area contributed by atoms with E-state index in [1.165, 1.54) is 24.3 Å². The van der Waals surface area contributed by atoms with Crippen molar-refractivity contribution in [3.63, 3.8) is 0 Å². The summed E-state index contributed by atoms with van der Waals surface area (Å²) in [6.45, 7) is 2.92. The second-order valence-electron chi connectivity index (χ2n) is 6.78. The lowest BCUT2D eigenvalue weighted by Crippen LogP contribution is -2.38. The van der Waals surface area contributed by atoms with Gasteiger partial charge in [-0.3, -0.25) is 4.79 Å². The van der Waals surface area contributed by atoms with Crippen molar-refractivity contribution in [3.8, 4) is 0 Å². The number of amides is 3. The average Bonchev–Trinajstić information content (AvgIpc) is 2.63. The zero-order valence-corrected chi connectivity index (χ0v) is 16.4. The lowest BCUT2D eigenvalue weighted by molar-refractivity contribution is -0.132. The number of hydrogen-bond acceptors (Lipinski definition) is 3. The Labute approximate surface area is 169 Å². The number of nitrogens with one attached hydrogen (secondary N) is 2. The minimum absolute atomic E-state index is 0. The minimum Gasteiger partial charge on any atom is -0.338 e. The number of halogens is 2. The normalized spacial score (nSPS) is 13.8. The summed E-state index contributed by atoms with van der Waals surface area (Å²) in [5.74, 6) is -0.315. The Morgan fingerprint density at radius 3 is 2.57 bits per heavy atom. The van der Waals surface area contributed by atoms with E-state index in [4.69, 9.17) is 5.73 Å². The summed E-state index contributed by atoms with van der Waals surface area (Å²) in [5.41, 5.74) is 8.98. The van der Waals surface area contributed by atoms with E-state index in [-0.39, 0.29) is 30.2 Å². The highest BCUT2D eigenvalue weighted by atomic mass is 35.5. The van der Waals surface area contributed by atoms with Crippen LogP contribution in [0.25, 0.3) is 0 Å². The molecule has 1 aliphatic rings. The highest BCUT2D eigenvalue weighted by Gasteiger charge is 2.23. The third kappa shape index (κ3) is 5.43. The molecule has 150 valence electrons. The van der Waals surface area contributed by atoms with Crippen LogP contribution in [0, 0.1) is 5.82 Å². The van der Waals surface area contributed by atoms with Gasteiger partial charge in [0.05, 0.1) is 0 Å². The third-order valence-corrected chi connectivity index (χ3v) is 4.47. The molecule has 0 radical (unpaired) electrons. The summed E-state index contributed by atoms with van der Waals surface area (Å²) in [5, 5.41) is 5.52. The first kappa shape index (κ1) is 21.7. The monoisotopic (exact) mass is 406 g/mol. The number of rotatable bonds is 4.